The van der Waals surface area contributed by atoms with E-state index in [0.717, 1.165) is 0 Å². The quantitative estimate of drug-likeness (QED) is 0.381. The van der Waals surface area contributed by atoms with Gasteiger partial charge in [-0.15, -0.1) is 0 Å². The van der Waals surface area contributed by atoms with Gasteiger partial charge in [-0.2, -0.15) is 0 Å². The molecule has 0 aliphatic rings. The van der Waals surface area contributed by atoms with Gasteiger partial charge < -0.3 is 0 Å². The van der Waals surface area contributed by atoms with E-state index in [9.17, 15) is 0 Å². The predicted octanol–water partition coefficient (Wildman–Crippen LogP) is 2.27. The van der Waals surface area contributed by atoms with Gasteiger partial charge in [-0.3, -0.25) is 0 Å². The molecule has 0 saturated carbocycles. The molecule has 0 heterocycles. The molecule has 0 aromatic rings. The SMILES string of the molecule is C=S.CC.O=[P+]=O. The van der Waals surface area contributed by atoms with Crippen molar-refractivity contribution >= 4 is 26.4 Å². The second-order valence-electron chi connectivity index (χ2n) is 0.0745. The minimum absolute atomic E-state index is 1.08. The Morgan fingerprint density at radius 1 is 1.29 bits per heavy atom. The first-order chi connectivity index (χ1) is 3.41. The van der Waals surface area contributed by atoms with Crippen molar-refractivity contribution in [1.29, 1.82) is 0 Å². The van der Waals surface area contributed by atoms with E-state index in [1.165, 1.54) is 0 Å². The van der Waals surface area contributed by atoms with Crippen molar-refractivity contribution in [3.8, 4) is 0 Å². The molecule has 0 fully saturated rings. The fraction of sp³-hybridized carbons (Fsp3) is 0.667. The average Bonchev–Trinajstić information content (AvgIpc) is 1.78. The molecule has 0 bridgehead atoms. The van der Waals surface area contributed by atoms with Crippen LogP contribution in [0.5, 0.6) is 0 Å². The summed E-state index contributed by atoms with van der Waals surface area (Å²) in [5, 5.41) is 0. The van der Waals surface area contributed by atoms with Gasteiger partial charge in [-0.05, 0) is 5.87 Å². The fourth-order valence-corrected chi connectivity index (χ4v) is 0. The van der Waals surface area contributed by atoms with Crippen molar-refractivity contribution in [2.45, 2.75) is 13.8 Å². The zero-order valence-electron chi connectivity index (χ0n) is 4.38. The summed E-state index contributed by atoms with van der Waals surface area (Å²) in [6, 6.07) is 0. The monoisotopic (exact) mass is 139 g/mol. The first kappa shape index (κ1) is 15.7. The summed E-state index contributed by atoms with van der Waals surface area (Å²) in [7, 11) is -1.08. The standard InChI is InChI=1S/C2H6.CH2S.O2P/c2*1-2;1-3-2/h1-2H3;1H2;/q;;+1. The third kappa shape index (κ3) is 7210. The van der Waals surface area contributed by atoms with Crippen LogP contribution in [0, 0.1) is 0 Å². The molecule has 0 aromatic carbocycles. The molecule has 4 heteroatoms. The molecule has 0 amide bonds. The first-order valence-corrected chi connectivity index (χ1v) is 2.96. The zero-order valence-corrected chi connectivity index (χ0v) is 6.09. The second kappa shape index (κ2) is 128. The van der Waals surface area contributed by atoms with E-state index < -0.39 is 8.34 Å². The van der Waals surface area contributed by atoms with E-state index in [4.69, 9.17) is 9.13 Å². The van der Waals surface area contributed by atoms with E-state index in [1.54, 1.807) is 0 Å². The fourth-order valence-electron chi connectivity index (χ4n) is 0. The van der Waals surface area contributed by atoms with Gasteiger partial charge >= 0.3 is 17.5 Å². The molecule has 0 aliphatic heterocycles. The Hall–Kier alpha value is 0.120. The Kier molecular flexibility index (Phi) is 287. The third-order valence-corrected chi connectivity index (χ3v) is 0. The van der Waals surface area contributed by atoms with Crippen molar-refractivity contribution in [3.63, 3.8) is 0 Å². The van der Waals surface area contributed by atoms with E-state index >= 15 is 0 Å². The maximum atomic E-state index is 8.35. The van der Waals surface area contributed by atoms with Crippen LogP contribution in [0.3, 0.4) is 0 Å². The maximum absolute atomic E-state index is 8.35. The molecule has 0 N–H and O–H groups in total. The molecule has 0 spiro atoms. The number of rotatable bonds is 0. The molecule has 7 heavy (non-hydrogen) atoms. The molecule has 2 nitrogen and oxygen atoms in total. The Bertz CT molecular complexity index is 42.2. The molecule has 0 unspecified atom stereocenters. The van der Waals surface area contributed by atoms with Crippen molar-refractivity contribution in [2.24, 2.45) is 0 Å². The average molecular weight is 139 g/mol. The second-order valence-corrected chi connectivity index (χ2v) is 0.224. The topological polar surface area (TPSA) is 34.1 Å². The molecule has 42 valence electrons. The summed E-state index contributed by atoms with van der Waals surface area (Å²) >= 11 is 3.83. The third-order valence-electron chi connectivity index (χ3n) is 0. The summed E-state index contributed by atoms with van der Waals surface area (Å²) in [5.41, 5.74) is 0. The Balaban J connectivity index is -0.0000000360. The van der Waals surface area contributed by atoms with E-state index in [0.29, 0.717) is 0 Å². The molecule has 0 aromatic heterocycles. The van der Waals surface area contributed by atoms with E-state index in [2.05, 4.69) is 18.1 Å². The zero-order chi connectivity index (χ0) is 6.71. The van der Waals surface area contributed by atoms with Crippen LogP contribution in [0.2, 0.25) is 0 Å². The van der Waals surface area contributed by atoms with E-state index in [1.807, 2.05) is 13.8 Å². The van der Waals surface area contributed by atoms with Gasteiger partial charge in [0.2, 0.25) is 0 Å². The molecular weight excluding hydrogens is 131 g/mol. The summed E-state index contributed by atoms with van der Waals surface area (Å²) in [5.74, 6) is 2.83. The van der Waals surface area contributed by atoms with Crippen LogP contribution in [-0.4, -0.2) is 5.87 Å². The molecule has 0 aliphatic carbocycles. The first-order valence-electron chi connectivity index (χ1n) is 1.65. The molecule has 0 saturated heterocycles. The van der Waals surface area contributed by atoms with E-state index in [-0.39, 0.29) is 0 Å². The molecule has 0 atom stereocenters. The Morgan fingerprint density at radius 3 is 1.29 bits per heavy atom. The summed E-state index contributed by atoms with van der Waals surface area (Å²) in [6.45, 7) is 4.00. The van der Waals surface area contributed by atoms with Gasteiger partial charge in [-0.25, -0.2) is 0 Å². The Labute approximate surface area is 50.2 Å². The van der Waals surface area contributed by atoms with Crippen LogP contribution in [0.1, 0.15) is 13.8 Å². The normalized spacial score (nSPS) is 2.57. The van der Waals surface area contributed by atoms with Gasteiger partial charge in [-0.1, -0.05) is 26.1 Å². The summed E-state index contributed by atoms with van der Waals surface area (Å²) in [4.78, 5) is 0. The van der Waals surface area contributed by atoms with Crippen LogP contribution in [0.15, 0.2) is 0 Å². The van der Waals surface area contributed by atoms with Crippen LogP contribution in [0.4, 0.5) is 0 Å². The van der Waals surface area contributed by atoms with Gasteiger partial charge in [0, 0.05) is 0 Å². The van der Waals surface area contributed by atoms with Crippen molar-refractivity contribution < 1.29 is 9.13 Å². The predicted molar refractivity (Wildman–Crippen MR) is 34.4 cm³/mol. The molecule has 0 rings (SSSR count). The Morgan fingerprint density at radius 2 is 1.29 bits per heavy atom. The van der Waals surface area contributed by atoms with Crippen LogP contribution >= 0.6 is 20.6 Å². The number of hydrogen-bond donors (Lipinski definition) is 0. The van der Waals surface area contributed by atoms with Gasteiger partial charge in [0.15, 0.2) is 0 Å². The van der Waals surface area contributed by atoms with Crippen molar-refractivity contribution in [1.82, 2.24) is 0 Å². The molecular formula is C3H8O2PS+. The van der Waals surface area contributed by atoms with Crippen LogP contribution in [-0.2, 0) is 9.13 Å². The summed E-state index contributed by atoms with van der Waals surface area (Å²) < 4.78 is 16.7. The number of hydrogen-bond acceptors (Lipinski definition) is 3. The van der Waals surface area contributed by atoms with Gasteiger partial charge in [0.1, 0.15) is 0 Å². The van der Waals surface area contributed by atoms with Gasteiger partial charge in [0.05, 0.1) is 0 Å². The van der Waals surface area contributed by atoms with Gasteiger partial charge in [0.25, 0.3) is 0 Å². The minimum atomic E-state index is -1.08. The number of thiocarbonyl (C=S) groups is 1. The van der Waals surface area contributed by atoms with Crippen molar-refractivity contribution in [2.75, 3.05) is 0 Å². The van der Waals surface area contributed by atoms with Crippen molar-refractivity contribution in [3.05, 3.63) is 0 Å². The van der Waals surface area contributed by atoms with Crippen LogP contribution < -0.4 is 0 Å². The summed E-state index contributed by atoms with van der Waals surface area (Å²) in [6.07, 6.45) is 0. The molecule has 0 radical (unpaired) electrons. The van der Waals surface area contributed by atoms with Crippen LogP contribution in [0.25, 0.3) is 0 Å².